The number of ether oxygens (including phenoxy) is 3. The number of carbonyl (C=O) groups excluding carboxylic acids is 1. The first-order valence-electron chi connectivity index (χ1n) is 15.1. The van der Waals surface area contributed by atoms with Crippen LogP contribution in [0.15, 0.2) is 48.5 Å². The molecule has 1 saturated carbocycles. The second-order valence-corrected chi connectivity index (χ2v) is 15.1. The maximum Gasteiger partial charge on any atom is 0.163 e. The molecule has 1 fully saturated rings. The monoisotopic (exact) mass is 640 g/mol. The standard InChI is InChI=1S/C34H41FN2O7S/c1-32(2,3)45(41)37-33(4)20-43-31-25(33)19-29(36-30(31)21-6-9-23(35)10-7-21)34(5,40)15-14-26(39)22-8-13-27(42-17-16-38)28(18-22)44-24-11-12-24/h6-10,13,18-19,24,37-38,40H,11-12,14-17,20H2,1-5H3/t33-,34-,45?/m1/s1. The number of halogens is 1. The Labute approximate surface area is 265 Å². The summed E-state index contributed by atoms with van der Waals surface area (Å²) in [7, 11) is -1.43. The van der Waals surface area contributed by atoms with Crippen LogP contribution >= 0.6 is 0 Å². The largest absolute Gasteiger partial charge is 0.489 e. The Morgan fingerprint density at radius 1 is 1.13 bits per heavy atom. The van der Waals surface area contributed by atoms with Crippen LogP contribution in [0.1, 0.15) is 81.9 Å². The van der Waals surface area contributed by atoms with Gasteiger partial charge < -0.3 is 24.4 Å². The number of ketones is 1. The van der Waals surface area contributed by atoms with E-state index in [-0.39, 0.29) is 44.5 Å². The Kier molecular flexibility index (Phi) is 9.38. The van der Waals surface area contributed by atoms with Gasteiger partial charge in [0.25, 0.3) is 0 Å². The summed E-state index contributed by atoms with van der Waals surface area (Å²) in [6.07, 6.45) is 2.01. The summed E-state index contributed by atoms with van der Waals surface area (Å²) >= 11 is 0. The third kappa shape index (κ3) is 7.54. The lowest BCUT2D eigenvalue weighted by atomic mass is 9.88. The van der Waals surface area contributed by atoms with Crippen LogP contribution in [0.25, 0.3) is 11.3 Å². The van der Waals surface area contributed by atoms with Gasteiger partial charge in [0.1, 0.15) is 30.3 Å². The molecule has 11 heteroatoms. The topological polar surface area (TPSA) is 127 Å². The van der Waals surface area contributed by atoms with E-state index in [4.69, 9.17) is 24.3 Å². The molecular formula is C34H41FN2O7S. The minimum atomic E-state index is -1.54. The smallest absolute Gasteiger partial charge is 0.163 e. The SMILES string of the molecule is CC(C)(C)S(=O)N[C@]1(C)COc2c1cc([C@](C)(O)CCC(=O)c1ccc(OCCO)c(OC3CC3)c1)nc2-c1ccc(F)cc1. The van der Waals surface area contributed by atoms with Crippen molar-refractivity contribution < 1.29 is 37.8 Å². The number of aliphatic hydroxyl groups excluding tert-OH is 1. The van der Waals surface area contributed by atoms with Gasteiger partial charge in [-0.3, -0.25) is 4.79 Å². The molecule has 0 spiro atoms. The summed E-state index contributed by atoms with van der Waals surface area (Å²) in [5.74, 6) is 0.780. The third-order valence-corrected chi connectivity index (χ3v) is 9.64. The number of Topliss-reactive ketones (excluding diaryl/α,β-unsaturated/α-hetero) is 1. The van der Waals surface area contributed by atoms with E-state index in [2.05, 4.69) is 4.72 Å². The van der Waals surface area contributed by atoms with Crippen molar-refractivity contribution in [2.45, 2.75) is 82.3 Å². The number of rotatable bonds is 13. The van der Waals surface area contributed by atoms with Crippen molar-refractivity contribution in [3.8, 4) is 28.5 Å². The number of fused-ring (bicyclic) bond motifs is 1. The number of hydrogen-bond donors (Lipinski definition) is 3. The molecule has 2 heterocycles. The van der Waals surface area contributed by atoms with Gasteiger partial charge in [-0.05, 0) is 102 Å². The lowest BCUT2D eigenvalue weighted by Gasteiger charge is -2.30. The van der Waals surface area contributed by atoms with E-state index in [9.17, 15) is 18.5 Å². The Hall–Kier alpha value is -3.38. The Morgan fingerprint density at radius 2 is 1.84 bits per heavy atom. The fraction of sp³-hybridized carbons (Fsp3) is 0.471. The van der Waals surface area contributed by atoms with Crippen molar-refractivity contribution in [1.29, 1.82) is 0 Å². The maximum absolute atomic E-state index is 13.8. The second kappa shape index (κ2) is 12.8. The minimum Gasteiger partial charge on any atom is -0.489 e. The van der Waals surface area contributed by atoms with E-state index < -0.39 is 32.7 Å². The molecule has 45 heavy (non-hydrogen) atoms. The molecule has 3 aromatic rings. The molecule has 1 aliphatic carbocycles. The van der Waals surface area contributed by atoms with E-state index >= 15 is 0 Å². The first kappa shape index (κ1) is 33.0. The number of benzene rings is 2. The molecule has 0 amide bonds. The van der Waals surface area contributed by atoms with Crippen LogP contribution in [0.5, 0.6) is 17.2 Å². The predicted molar refractivity (Wildman–Crippen MR) is 169 cm³/mol. The number of aliphatic hydroxyl groups is 2. The van der Waals surface area contributed by atoms with Crippen molar-refractivity contribution in [1.82, 2.24) is 9.71 Å². The van der Waals surface area contributed by atoms with Crippen LogP contribution < -0.4 is 18.9 Å². The molecule has 1 aliphatic heterocycles. The first-order chi connectivity index (χ1) is 21.2. The second-order valence-electron chi connectivity index (χ2n) is 13.1. The summed E-state index contributed by atoms with van der Waals surface area (Å²) in [5, 5.41) is 20.9. The van der Waals surface area contributed by atoms with Crippen LogP contribution in [-0.4, -0.2) is 55.9 Å². The summed E-state index contributed by atoms with van der Waals surface area (Å²) in [5.41, 5.74) is -0.0135. The lowest BCUT2D eigenvalue weighted by molar-refractivity contribution is 0.0396. The van der Waals surface area contributed by atoms with Gasteiger partial charge in [-0.25, -0.2) is 18.3 Å². The van der Waals surface area contributed by atoms with Crippen LogP contribution in [-0.2, 0) is 22.1 Å². The van der Waals surface area contributed by atoms with Crippen molar-refractivity contribution in [2.24, 2.45) is 0 Å². The molecule has 3 atom stereocenters. The average Bonchev–Trinajstić information content (AvgIpc) is 3.75. The van der Waals surface area contributed by atoms with Crippen LogP contribution in [0.4, 0.5) is 4.39 Å². The third-order valence-electron chi connectivity index (χ3n) is 7.89. The molecule has 0 saturated heterocycles. The summed E-state index contributed by atoms with van der Waals surface area (Å²) in [4.78, 5) is 18.1. The average molecular weight is 641 g/mol. The number of nitrogens with zero attached hydrogens (tertiary/aromatic N) is 1. The zero-order valence-corrected chi connectivity index (χ0v) is 27.1. The molecular weight excluding hydrogens is 599 g/mol. The number of hydrogen-bond acceptors (Lipinski definition) is 8. The highest BCUT2D eigenvalue weighted by molar-refractivity contribution is 7.84. The zero-order valence-electron chi connectivity index (χ0n) is 26.3. The highest BCUT2D eigenvalue weighted by Gasteiger charge is 2.43. The van der Waals surface area contributed by atoms with Crippen LogP contribution in [0, 0.1) is 5.82 Å². The fourth-order valence-electron chi connectivity index (χ4n) is 4.95. The first-order valence-corrected chi connectivity index (χ1v) is 16.3. The summed E-state index contributed by atoms with van der Waals surface area (Å²) in [6.45, 7) is 9.24. The highest BCUT2D eigenvalue weighted by atomic mass is 32.2. The van der Waals surface area contributed by atoms with Crippen molar-refractivity contribution in [2.75, 3.05) is 19.8 Å². The van der Waals surface area contributed by atoms with E-state index in [0.717, 1.165) is 12.8 Å². The lowest BCUT2D eigenvalue weighted by Crippen LogP contribution is -2.47. The Balaban J connectivity index is 1.44. The molecule has 2 aliphatic rings. The molecule has 2 aromatic carbocycles. The van der Waals surface area contributed by atoms with E-state index in [1.54, 1.807) is 43.3 Å². The van der Waals surface area contributed by atoms with Crippen molar-refractivity contribution >= 4 is 16.8 Å². The molecule has 242 valence electrons. The Morgan fingerprint density at radius 3 is 2.49 bits per heavy atom. The molecule has 3 N–H and O–H groups in total. The van der Waals surface area contributed by atoms with Gasteiger partial charge in [0, 0.05) is 23.1 Å². The number of nitrogens with one attached hydrogen (secondary N) is 1. The summed E-state index contributed by atoms with van der Waals surface area (Å²) in [6, 6.07) is 12.5. The van der Waals surface area contributed by atoms with Gasteiger partial charge in [-0.1, -0.05) is 0 Å². The fourth-order valence-corrected chi connectivity index (χ4v) is 5.83. The predicted octanol–water partition coefficient (Wildman–Crippen LogP) is 5.33. The minimum absolute atomic E-state index is 0.0113. The molecule has 0 radical (unpaired) electrons. The number of aromatic nitrogens is 1. The van der Waals surface area contributed by atoms with Gasteiger partial charge in [0.2, 0.25) is 0 Å². The normalized spacial score (nSPS) is 19.7. The highest BCUT2D eigenvalue weighted by Crippen LogP contribution is 2.45. The van der Waals surface area contributed by atoms with Gasteiger partial charge >= 0.3 is 0 Å². The number of carbonyl (C=O) groups is 1. The molecule has 5 rings (SSSR count). The molecule has 9 nitrogen and oxygen atoms in total. The molecule has 0 bridgehead atoms. The number of pyridine rings is 1. The quantitative estimate of drug-likeness (QED) is 0.214. The Bertz CT molecular complexity index is 1580. The zero-order chi connectivity index (χ0) is 32.6. The maximum atomic E-state index is 13.8. The molecule has 1 unspecified atom stereocenters. The summed E-state index contributed by atoms with van der Waals surface area (Å²) < 4.78 is 47.3. The van der Waals surface area contributed by atoms with Crippen molar-refractivity contribution in [3.63, 3.8) is 0 Å². The van der Waals surface area contributed by atoms with Gasteiger partial charge in [0.05, 0.1) is 39.7 Å². The van der Waals surface area contributed by atoms with E-state index in [1.165, 1.54) is 12.1 Å². The van der Waals surface area contributed by atoms with Crippen LogP contribution in [0.3, 0.4) is 0 Å². The van der Waals surface area contributed by atoms with Crippen LogP contribution in [0.2, 0.25) is 0 Å². The van der Waals surface area contributed by atoms with Gasteiger partial charge in [-0.2, -0.15) is 0 Å². The van der Waals surface area contributed by atoms with E-state index in [1.807, 2.05) is 27.7 Å². The van der Waals surface area contributed by atoms with Gasteiger partial charge in [-0.15, -0.1) is 0 Å². The van der Waals surface area contributed by atoms with E-state index in [0.29, 0.717) is 45.3 Å². The molecule has 1 aromatic heterocycles. The van der Waals surface area contributed by atoms with Gasteiger partial charge in [0.15, 0.2) is 23.0 Å². The van der Waals surface area contributed by atoms with Crippen molar-refractivity contribution in [3.05, 3.63) is 71.2 Å².